The topological polar surface area (TPSA) is 157 Å². The summed E-state index contributed by atoms with van der Waals surface area (Å²) in [4.78, 5) is 20.5. The average molecular weight is 526 g/mol. The highest BCUT2D eigenvalue weighted by molar-refractivity contribution is 6.31. The Labute approximate surface area is 206 Å². The second-order valence-corrected chi connectivity index (χ2v) is 7.80. The van der Waals surface area contributed by atoms with E-state index >= 15 is 0 Å². The smallest absolute Gasteiger partial charge is 0.490 e. The van der Waals surface area contributed by atoms with Gasteiger partial charge >= 0.3 is 12.1 Å². The molecule has 0 radical (unpaired) electrons. The molecule has 0 fully saturated rings. The monoisotopic (exact) mass is 525 g/mol. The Kier molecular flexibility index (Phi) is 6.99. The first-order chi connectivity index (χ1) is 17.2. The van der Waals surface area contributed by atoms with E-state index in [2.05, 4.69) is 25.0 Å². The van der Waals surface area contributed by atoms with Crippen LogP contribution in [0.15, 0.2) is 29.0 Å². The Morgan fingerprint density at radius 2 is 2.00 bits per heavy atom. The fourth-order valence-corrected chi connectivity index (χ4v) is 3.63. The van der Waals surface area contributed by atoms with Crippen molar-refractivity contribution in [1.29, 1.82) is 0 Å². The number of rotatable bonds is 8. The third kappa shape index (κ3) is 4.77. The van der Waals surface area contributed by atoms with E-state index in [4.69, 9.17) is 32.4 Å². The molecule has 1 aromatic carbocycles. The molecule has 0 aliphatic rings. The quantitative estimate of drug-likeness (QED) is 0.198. The predicted molar refractivity (Wildman–Crippen MR) is 122 cm³/mol. The minimum absolute atomic E-state index is 0.00263. The van der Waals surface area contributed by atoms with Gasteiger partial charge in [0.15, 0.2) is 23.1 Å². The summed E-state index contributed by atoms with van der Waals surface area (Å²) in [5, 5.41) is 7.55. The summed E-state index contributed by atoms with van der Waals surface area (Å²) in [5.74, 6) is -2.26. The standard InChI is InChI=1S/C21H19ClF3N7O4/c1-2-32-17-13(34-7-3-6-26)9-28-14(15(17)29-19(32)16-18(27)31-36-30-16)11-8-10(22)4-5-12(11)35-20(33)21(23,24)25/h4-5,8-9H,2-3,6-7,26H2,1H3,(H2,27,31). The van der Waals surface area contributed by atoms with Crippen molar-refractivity contribution >= 4 is 34.4 Å². The van der Waals surface area contributed by atoms with Gasteiger partial charge in [0.05, 0.1) is 12.8 Å². The van der Waals surface area contributed by atoms with E-state index < -0.39 is 17.9 Å². The average Bonchev–Trinajstić information content (AvgIpc) is 3.43. The number of nitrogens with two attached hydrogens (primary N) is 2. The number of imidazole rings is 1. The Bertz CT molecular complexity index is 1420. The van der Waals surface area contributed by atoms with Crippen LogP contribution in [0.5, 0.6) is 11.5 Å². The highest BCUT2D eigenvalue weighted by atomic mass is 35.5. The third-order valence-corrected chi connectivity index (χ3v) is 5.25. The van der Waals surface area contributed by atoms with Crippen LogP contribution < -0.4 is 20.9 Å². The zero-order valence-electron chi connectivity index (χ0n) is 18.7. The highest BCUT2D eigenvalue weighted by Gasteiger charge is 2.42. The number of benzene rings is 1. The summed E-state index contributed by atoms with van der Waals surface area (Å²) in [6.07, 6.45) is -3.27. The molecule has 36 heavy (non-hydrogen) atoms. The molecule has 0 aliphatic heterocycles. The largest absolute Gasteiger partial charge is 0.491 e. The van der Waals surface area contributed by atoms with Gasteiger partial charge in [0.2, 0.25) is 0 Å². The number of halogens is 4. The van der Waals surface area contributed by atoms with Crippen molar-refractivity contribution in [2.45, 2.75) is 26.1 Å². The minimum Gasteiger partial charge on any atom is -0.490 e. The van der Waals surface area contributed by atoms with Gasteiger partial charge in [-0.3, -0.25) is 0 Å². The summed E-state index contributed by atoms with van der Waals surface area (Å²) >= 11 is 6.13. The fraction of sp³-hybridized carbons (Fsp3) is 0.286. The van der Waals surface area contributed by atoms with E-state index in [0.717, 1.165) is 6.07 Å². The molecule has 0 saturated heterocycles. The van der Waals surface area contributed by atoms with Crippen LogP contribution in [0.1, 0.15) is 13.3 Å². The van der Waals surface area contributed by atoms with Crippen molar-refractivity contribution in [2.75, 3.05) is 18.9 Å². The Balaban J connectivity index is 1.97. The third-order valence-electron chi connectivity index (χ3n) is 5.01. The molecule has 4 N–H and O–H groups in total. The molecule has 0 spiro atoms. The second-order valence-electron chi connectivity index (χ2n) is 7.36. The number of anilines is 1. The molecule has 4 aromatic rings. The van der Waals surface area contributed by atoms with Gasteiger partial charge in [-0.25, -0.2) is 19.4 Å². The Hall–Kier alpha value is -3.91. The van der Waals surface area contributed by atoms with Crippen LogP contribution in [0.25, 0.3) is 33.8 Å². The molecule has 3 heterocycles. The molecule has 0 aliphatic carbocycles. The number of nitrogen functional groups attached to an aromatic ring is 1. The van der Waals surface area contributed by atoms with E-state index in [9.17, 15) is 18.0 Å². The van der Waals surface area contributed by atoms with Crippen LogP contribution in [0.3, 0.4) is 0 Å². The predicted octanol–water partition coefficient (Wildman–Crippen LogP) is 3.60. The normalized spacial score (nSPS) is 11.7. The molecule has 11 nitrogen and oxygen atoms in total. The van der Waals surface area contributed by atoms with Gasteiger partial charge in [-0.15, -0.1) is 0 Å². The van der Waals surface area contributed by atoms with Gasteiger partial charge in [0, 0.05) is 17.1 Å². The number of ether oxygens (including phenoxy) is 2. The molecule has 0 unspecified atom stereocenters. The molecule has 0 atom stereocenters. The molecule has 4 rings (SSSR count). The number of nitrogens with zero attached hydrogens (tertiary/aromatic N) is 5. The zero-order valence-corrected chi connectivity index (χ0v) is 19.4. The van der Waals surface area contributed by atoms with E-state index in [1.165, 1.54) is 18.3 Å². The summed E-state index contributed by atoms with van der Waals surface area (Å²) in [6.45, 7) is 2.86. The number of carbonyl (C=O) groups is 1. The Morgan fingerprint density at radius 3 is 2.64 bits per heavy atom. The van der Waals surface area contributed by atoms with Crippen LogP contribution in [0.2, 0.25) is 5.02 Å². The maximum Gasteiger partial charge on any atom is 0.491 e. The van der Waals surface area contributed by atoms with Gasteiger partial charge in [-0.05, 0) is 48.4 Å². The molecule has 15 heteroatoms. The number of hydrogen-bond acceptors (Lipinski definition) is 10. The van der Waals surface area contributed by atoms with Crippen LogP contribution in [-0.2, 0) is 11.3 Å². The van der Waals surface area contributed by atoms with Crippen LogP contribution >= 0.6 is 11.6 Å². The molecule has 190 valence electrons. The number of hydrogen-bond donors (Lipinski definition) is 2. The molecular weight excluding hydrogens is 507 g/mol. The maximum absolute atomic E-state index is 12.9. The van der Waals surface area contributed by atoms with Gasteiger partial charge in [-0.2, -0.15) is 13.2 Å². The number of aromatic nitrogens is 5. The first-order valence-corrected chi connectivity index (χ1v) is 10.9. The number of esters is 1. The lowest BCUT2D eigenvalue weighted by atomic mass is 10.1. The number of fused-ring (bicyclic) bond motifs is 1. The van der Waals surface area contributed by atoms with Crippen LogP contribution in [0.4, 0.5) is 19.0 Å². The lowest BCUT2D eigenvalue weighted by Crippen LogP contribution is -2.28. The second kappa shape index (κ2) is 9.99. The Morgan fingerprint density at radius 1 is 1.22 bits per heavy atom. The minimum atomic E-state index is -5.21. The summed E-state index contributed by atoms with van der Waals surface area (Å²) < 4.78 is 55.6. The van der Waals surface area contributed by atoms with Crippen molar-refractivity contribution < 1.29 is 32.1 Å². The number of pyridine rings is 1. The molecule has 0 bridgehead atoms. The lowest BCUT2D eigenvalue weighted by Gasteiger charge is -2.14. The van der Waals surface area contributed by atoms with Crippen LogP contribution in [0, 0.1) is 0 Å². The van der Waals surface area contributed by atoms with E-state index in [1.807, 2.05) is 6.92 Å². The molecule has 3 aromatic heterocycles. The van der Waals surface area contributed by atoms with Gasteiger partial charge in [0.1, 0.15) is 22.5 Å². The summed E-state index contributed by atoms with van der Waals surface area (Å²) in [6, 6.07) is 3.73. The van der Waals surface area contributed by atoms with Crippen molar-refractivity contribution in [1.82, 2.24) is 24.8 Å². The SMILES string of the molecule is CCn1c(-c2nonc2N)nc2c(-c3cc(Cl)ccc3OC(=O)C(F)(F)F)ncc(OCCCN)c21. The van der Waals surface area contributed by atoms with Gasteiger partial charge in [0.25, 0.3) is 0 Å². The van der Waals surface area contributed by atoms with Crippen molar-refractivity contribution in [3.63, 3.8) is 0 Å². The van der Waals surface area contributed by atoms with Crippen LogP contribution in [-0.4, -0.2) is 50.1 Å². The van der Waals surface area contributed by atoms with Crippen molar-refractivity contribution in [2.24, 2.45) is 5.73 Å². The molecule has 0 saturated carbocycles. The molecule has 0 amide bonds. The summed E-state index contributed by atoms with van der Waals surface area (Å²) in [5.41, 5.74) is 12.3. The number of carbonyl (C=O) groups excluding carboxylic acids is 1. The van der Waals surface area contributed by atoms with Crippen molar-refractivity contribution in [3.8, 4) is 34.3 Å². The molecular formula is C21H19ClF3N7O4. The van der Waals surface area contributed by atoms with E-state index in [-0.39, 0.29) is 45.7 Å². The number of alkyl halides is 3. The maximum atomic E-state index is 12.9. The first-order valence-electron chi connectivity index (χ1n) is 10.5. The number of aryl methyl sites for hydroxylation is 1. The summed E-state index contributed by atoms with van der Waals surface area (Å²) in [7, 11) is 0. The van der Waals surface area contributed by atoms with Crippen molar-refractivity contribution in [3.05, 3.63) is 29.4 Å². The first kappa shape index (κ1) is 25.2. The highest BCUT2D eigenvalue weighted by Crippen LogP contribution is 2.40. The van der Waals surface area contributed by atoms with Gasteiger partial charge in [-0.1, -0.05) is 11.6 Å². The fourth-order valence-electron chi connectivity index (χ4n) is 3.45. The van der Waals surface area contributed by atoms with E-state index in [0.29, 0.717) is 30.8 Å². The lowest BCUT2D eigenvalue weighted by molar-refractivity contribution is -0.189. The zero-order chi connectivity index (χ0) is 26.0. The van der Waals surface area contributed by atoms with E-state index in [1.54, 1.807) is 4.57 Å². The van der Waals surface area contributed by atoms with Gasteiger partial charge < -0.3 is 25.5 Å².